The molecule has 0 aromatic heterocycles. The molecule has 24 heavy (non-hydrogen) atoms. The maximum Gasteiger partial charge on any atom is 0.254 e. The summed E-state index contributed by atoms with van der Waals surface area (Å²) in [5.74, 6) is 0.139. The second-order valence-corrected chi connectivity index (χ2v) is 7.29. The molecule has 1 spiro atoms. The van der Waals surface area contributed by atoms with Crippen molar-refractivity contribution in [1.29, 1.82) is 0 Å². The third kappa shape index (κ3) is 3.15. The lowest BCUT2D eigenvalue weighted by molar-refractivity contribution is -0.121. The lowest BCUT2D eigenvalue weighted by Crippen LogP contribution is -2.62. The fraction of sp³-hybridized carbons (Fsp3) is 0.556. The molecule has 2 saturated heterocycles. The van der Waals surface area contributed by atoms with E-state index in [1.165, 1.54) is 0 Å². The van der Waals surface area contributed by atoms with Crippen LogP contribution in [0.2, 0.25) is 5.02 Å². The molecule has 5 nitrogen and oxygen atoms in total. The van der Waals surface area contributed by atoms with Gasteiger partial charge in [-0.3, -0.25) is 14.5 Å². The van der Waals surface area contributed by atoms with E-state index in [0.717, 1.165) is 24.9 Å². The quantitative estimate of drug-likeness (QED) is 0.844. The van der Waals surface area contributed by atoms with Crippen molar-refractivity contribution in [1.82, 2.24) is 15.1 Å². The Balaban J connectivity index is 1.83. The third-order valence-corrected chi connectivity index (χ3v) is 5.92. The van der Waals surface area contributed by atoms with Crippen molar-refractivity contribution in [2.75, 3.05) is 33.2 Å². The summed E-state index contributed by atoms with van der Waals surface area (Å²) in [5, 5.41) is 3.56. The topological polar surface area (TPSA) is 52.7 Å². The monoisotopic (exact) mass is 349 g/mol. The molecular weight excluding hydrogens is 326 g/mol. The van der Waals surface area contributed by atoms with Gasteiger partial charge in [0.1, 0.15) is 0 Å². The van der Waals surface area contributed by atoms with E-state index in [2.05, 4.69) is 17.3 Å². The van der Waals surface area contributed by atoms with Crippen LogP contribution in [0.5, 0.6) is 0 Å². The van der Waals surface area contributed by atoms with Gasteiger partial charge in [-0.05, 0) is 44.5 Å². The van der Waals surface area contributed by atoms with Crippen LogP contribution in [0.4, 0.5) is 0 Å². The number of likely N-dealkylation sites (N-methyl/N-ethyl adjacent to an activating group) is 1. The fourth-order valence-electron chi connectivity index (χ4n) is 3.78. The number of benzene rings is 1. The van der Waals surface area contributed by atoms with Crippen molar-refractivity contribution in [3.8, 4) is 0 Å². The van der Waals surface area contributed by atoms with Gasteiger partial charge in [0, 0.05) is 48.7 Å². The molecular formula is C18H24ClN3O2. The Morgan fingerprint density at radius 3 is 2.88 bits per heavy atom. The summed E-state index contributed by atoms with van der Waals surface area (Å²) in [4.78, 5) is 29.0. The van der Waals surface area contributed by atoms with Crippen LogP contribution in [-0.4, -0.2) is 60.4 Å². The zero-order valence-corrected chi connectivity index (χ0v) is 15.0. The van der Waals surface area contributed by atoms with Gasteiger partial charge in [0.05, 0.1) is 0 Å². The Morgan fingerprint density at radius 2 is 2.08 bits per heavy atom. The predicted octanol–water partition coefficient (Wildman–Crippen LogP) is 2.07. The summed E-state index contributed by atoms with van der Waals surface area (Å²) in [6.45, 7) is 4.73. The number of hydrogen-bond donors (Lipinski definition) is 1. The molecule has 130 valence electrons. The van der Waals surface area contributed by atoms with Crippen molar-refractivity contribution in [2.24, 2.45) is 0 Å². The fourth-order valence-corrected chi connectivity index (χ4v) is 3.95. The highest BCUT2D eigenvalue weighted by atomic mass is 35.5. The van der Waals surface area contributed by atoms with Crippen LogP contribution in [0.15, 0.2) is 18.2 Å². The molecule has 0 radical (unpaired) electrons. The lowest BCUT2D eigenvalue weighted by Gasteiger charge is -2.49. The van der Waals surface area contributed by atoms with Crippen LogP contribution in [-0.2, 0) is 4.79 Å². The number of nitrogens with one attached hydrogen (secondary N) is 1. The van der Waals surface area contributed by atoms with Crippen molar-refractivity contribution in [3.05, 3.63) is 34.3 Å². The van der Waals surface area contributed by atoms with E-state index in [0.29, 0.717) is 36.6 Å². The summed E-state index contributed by atoms with van der Waals surface area (Å²) in [5.41, 5.74) is 1.37. The third-order valence-electron chi connectivity index (χ3n) is 5.52. The highest BCUT2D eigenvalue weighted by molar-refractivity contribution is 6.31. The van der Waals surface area contributed by atoms with E-state index in [4.69, 9.17) is 11.6 Å². The van der Waals surface area contributed by atoms with E-state index in [1.54, 1.807) is 0 Å². The van der Waals surface area contributed by atoms with Gasteiger partial charge in [0.2, 0.25) is 5.91 Å². The number of amides is 2. The SMILES string of the molecule is Cc1c(Cl)cccc1C(=O)N1CCN(C)[C@@]2(CCNC(=O)CC2)C1. The number of rotatable bonds is 1. The summed E-state index contributed by atoms with van der Waals surface area (Å²) in [6.07, 6.45) is 2.17. The van der Waals surface area contributed by atoms with E-state index < -0.39 is 0 Å². The molecule has 1 atom stereocenters. The van der Waals surface area contributed by atoms with Gasteiger partial charge in [-0.25, -0.2) is 0 Å². The van der Waals surface area contributed by atoms with Crippen LogP contribution in [0.3, 0.4) is 0 Å². The Hall–Kier alpha value is -1.59. The first-order valence-electron chi connectivity index (χ1n) is 8.45. The highest BCUT2D eigenvalue weighted by Crippen LogP contribution is 2.31. The van der Waals surface area contributed by atoms with Crippen molar-refractivity contribution in [2.45, 2.75) is 31.7 Å². The van der Waals surface area contributed by atoms with Crippen LogP contribution in [0, 0.1) is 6.92 Å². The van der Waals surface area contributed by atoms with Crippen LogP contribution in [0.25, 0.3) is 0 Å². The minimum absolute atomic E-state index is 0.0333. The van der Waals surface area contributed by atoms with Gasteiger partial charge >= 0.3 is 0 Å². The first-order valence-corrected chi connectivity index (χ1v) is 8.83. The molecule has 3 rings (SSSR count). The molecule has 2 heterocycles. The zero-order chi connectivity index (χ0) is 17.3. The van der Waals surface area contributed by atoms with E-state index in [-0.39, 0.29) is 17.4 Å². The molecule has 0 aliphatic carbocycles. The second kappa shape index (κ2) is 6.73. The molecule has 0 unspecified atom stereocenters. The lowest BCUT2D eigenvalue weighted by atomic mass is 9.86. The zero-order valence-electron chi connectivity index (χ0n) is 14.3. The van der Waals surface area contributed by atoms with Gasteiger partial charge in [0.25, 0.3) is 5.91 Å². The molecule has 2 fully saturated rings. The molecule has 6 heteroatoms. The number of piperazine rings is 1. The normalized spacial score (nSPS) is 25.5. The smallest absolute Gasteiger partial charge is 0.254 e. The van der Waals surface area contributed by atoms with E-state index >= 15 is 0 Å². The van der Waals surface area contributed by atoms with Gasteiger partial charge in [-0.15, -0.1) is 0 Å². The van der Waals surface area contributed by atoms with Crippen LogP contribution in [0.1, 0.15) is 35.2 Å². The Labute approximate surface area is 147 Å². The van der Waals surface area contributed by atoms with Crippen molar-refractivity contribution >= 4 is 23.4 Å². The van der Waals surface area contributed by atoms with E-state index in [1.807, 2.05) is 30.0 Å². The standard InChI is InChI=1S/C18H24ClN3O2/c1-13-14(4-3-5-15(13)19)17(24)22-11-10-21(2)18(12-22)7-6-16(23)20-9-8-18/h3-5H,6-12H2,1-2H3,(H,20,23)/t18-/m0/s1. The number of hydrogen-bond acceptors (Lipinski definition) is 3. The molecule has 2 aliphatic rings. The summed E-state index contributed by atoms with van der Waals surface area (Å²) >= 11 is 6.18. The van der Waals surface area contributed by atoms with Crippen molar-refractivity contribution < 1.29 is 9.59 Å². The van der Waals surface area contributed by atoms with Gasteiger partial charge in [-0.1, -0.05) is 17.7 Å². The Morgan fingerprint density at radius 1 is 1.29 bits per heavy atom. The maximum atomic E-state index is 13.0. The average Bonchev–Trinajstić information content (AvgIpc) is 2.75. The van der Waals surface area contributed by atoms with Crippen molar-refractivity contribution in [3.63, 3.8) is 0 Å². The average molecular weight is 350 g/mol. The number of halogens is 1. The summed E-state index contributed by atoms with van der Waals surface area (Å²) < 4.78 is 0. The van der Waals surface area contributed by atoms with Crippen LogP contribution < -0.4 is 5.32 Å². The van der Waals surface area contributed by atoms with Gasteiger partial charge in [-0.2, -0.15) is 0 Å². The first-order chi connectivity index (χ1) is 11.4. The van der Waals surface area contributed by atoms with Crippen LogP contribution >= 0.6 is 11.6 Å². The molecule has 1 aromatic rings. The minimum Gasteiger partial charge on any atom is -0.356 e. The molecule has 2 amide bonds. The van der Waals surface area contributed by atoms with Gasteiger partial charge in [0.15, 0.2) is 0 Å². The number of carbonyl (C=O) groups is 2. The Kier molecular flexibility index (Phi) is 4.83. The highest BCUT2D eigenvalue weighted by Gasteiger charge is 2.42. The molecule has 1 N–H and O–H groups in total. The minimum atomic E-state index is -0.125. The molecule has 2 aliphatic heterocycles. The number of carbonyl (C=O) groups excluding carboxylic acids is 2. The molecule has 0 saturated carbocycles. The Bertz CT molecular complexity index is 664. The summed E-state index contributed by atoms with van der Waals surface area (Å²) in [7, 11) is 2.10. The molecule has 0 bridgehead atoms. The predicted molar refractivity (Wildman–Crippen MR) is 94.3 cm³/mol. The second-order valence-electron chi connectivity index (χ2n) is 6.88. The molecule has 1 aromatic carbocycles. The van der Waals surface area contributed by atoms with E-state index in [9.17, 15) is 9.59 Å². The largest absolute Gasteiger partial charge is 0.356 e. The first kappa shape index (κ1) is 17.2. The number of nitrogens with zero attached hydrogens (tertiary/aromatic N) is 2. The van der Waals surface area contributed by atoms with Gasteiger partial charge < -0.3 is 10.2 Å². The maximum absolute atomic E-state index is 13.0. The summed E-state index contributed by atoms with van der Waals surface area (Å²) in [6, 6.07) is 5.47.